The molecule has 1 aliphatic rings. The second-order valence-electron chi connectivity index (χ2n) is 7.45. The van der Waals surface area contributed by atoms with Crippen LogP contribution in [-0.2, 0) is 4.79 Å². The van der Waals surface area contributed by atoms with Gasteiger partial charge in [0.2, 0.25) is 11.8 Å². The second kappa shape index (κ2) is 10.4. The Bertz CT molecular complexity index is 1070. The first-order chi connectivity index (χ1) is 16.1. The summed E-state index contributed by atoms with van der Waals surface area (Å²) in [7, 11) is 0. The van der Waals surface area contributed by atoms with Gasteiger partial charge in [0, 0.05) is 37.9 Å². The molecule has 2 heterocycles. The molecule has 3 aromatic rings. The summed E-state index contributed by atoms with van der Waals surface area (Å²) in [6.07, 6.45) is 1.43. The van der Waals surface area contributed by atoms with E-state index >= 15 is 0 Å². The van der Waals surface area contributed by atoms with Gasteiger partial charge in [-0.1, -0.05) is 18.2 Å². The van der Waals surface area contributed by atoms with Crippen LogP contribution in [0, 0.1) is 5.82 Å². The highest BCUT2D eigenvalue weighted by Gasteiger charge is 2.21. The van der Waals surface area contributed by atoms with Crippen molar-refractivity contribution >= 4 is 23.3 Å². The van der Waals surface area contributed by atoms with E-state index in [0.29, 0.717) is 30.4 Å². The van der Waals surface area contributed by atoms with Crippen molar-refractivity contribution in [3.63, 3.8) is 0 Å². The monoisotopic (exact) mass is 449 g/mol. The van der Waals surface area contributed by atoms with Crippen molar-refractivity contribution in [2.24, 2.45) is 0 Å². The molecule has 0 saturated carbocycles. The highest BCUT2D eigenvalue weighted by atomic mass is 19.1. The SMILES string of the molecule is O=C(NCC(=O)N1CCN(c2ccccc2)CC1)Nc1ccc(Oc2ccc(F)cc2)nc1. The lowest BCUT2D eigenvalue weighted by molar-refractivity contribution is -0.130. The highest BCUT2D eigenvalue weighted by molar-refractivity contribution is 5.92. The first kappa shape index (κ1) is 22.1. The maximum atomic E-state index is 13.0. The molecule has 0 atom stereocenters. The molecule has 1 saturated heterocycles. The number of urea groups is 1. The van der Waals surface area contributed by atoms with Gasteiger partial charge in [-0.2, -0.15) is 0 Å². The van der Waals surface area contributed by atoms with E-state index in [0.717, 1.165) is 18.8 Å². The van der Waals surface area contributed by atoms with Crippen LogP contribution >= 0.6 is 0 Å². The molecule has 1 fully saturated rings. The zero-order valence-electron chi connectivity index (χ0n) is 17.9. The summed E-state index contributed by atoms with van der Waals surface area (Å²) in [6.45, 7) is 2.63. The van der Waals surface area contributed by atoms with E-state index < -0.39 is 6.03 Å². The number of pyridine rings is 1. The smallest absolute Gasteiger partial charge is 0.319 e. The Balaban J connectivity index is 1.19. The summed E-state index contributed by atoms with van der Waals surface area (Å²) < 4.78 is 18.5. The summed E-state index contributed by atoms with van der Waals surface area (Å²) in [4.78, 5) is 32.7. The number of amides is 3. The van der Waals surface area contributed by atoms with Gasteiger partial charge in [-0.05, 0) is 42.5 Å². The fourth-order valence-electron chi connectivity index (χ4n) is 3.43. The Morgan fingerprint density at radius 1 is 0.939 bits per heavy atom. The van der Waals surface area contributed by atoms with Crippen LogP contribution in [0.1, 0.15) is 0 Å². The van der Waals surface area contributed by atoms with E-state index in [2.05, 4.69) is 32.7 Å². The lowest BCUT2D eigenvalue weighted by atomic mass is 10.2. The molecule has 8 nitrogen and oxygen atoms in total. The Kier molecular flexibility index (Phi) is 6.99. The minimum Gasteiger partial charge on any atom is -0.439 e. The van der Waals surface area contributed by atoms with Crippen molar-refractivity contribution in [3.05, 3.63) is 78.7 Å². The van der Waals surface area contributed by atoms with Crippen molar-refractivity contribution < 1.29 is 18.7 Å². The molecule has 2 N–H and O–H groups in total. The highest BCUT2D eigenvalue weighted by Crippen LogP contribution is 2.20. The first-order valence-corrected chi connectivity index (χ1v) is 10.6. The van der Waals surface area contributed by atoms with E-state index in [4.69, 9.17) is 4.74 Å². The number of hydrogen-bond donors (Lipinski definition) is 2. The normalized spacial score (nSPS) is 13.4. The molecule has 1 aliphatic heterocycles. The molecule has 0 unspecified atom stereocenters. The van der Waals surface area contributed by atoms with Gasteiger partial charge in [0.1, 0.15) is 11.6 Å². The molecular formula is C24H24FN5O3. The maximum absolute atomic E-state index is 13.0. The van der Waals surface area contributed by atoms with Gasteiger partial charge in [0.15, 0.2) is 0 Å². The molecule has 3 amide bonds. The number of benzene rings is 2. The standard InChI is InChI=1S/C24H24FN5O3/c25-18-6-9-21(10-7-18)33-22-11-8-19(16-26-22)28-24(32)27-17-23(31)30-14-12-29(13-15-30)20-4-2-1-3-5-20/h1-11,16H,12-15,17H2,(H2,27,28,32). The molecule has 170 valence electrons. The lowest BCUT2D eigenvalue weighted by Crippen LogP contribution is -2.51. The Hall–Kier alpha value is -4.14. The predicted molar refractivity (Wildman–Crippen MR) is 123 cm³/mol. The fourth-order valence-corrected chi connectivity index (χ4v) is 3.43. The van der Waals surface area contributed by atoms with Crippen LogP contribution in [0.5, 0.6) is 11.6 Å². The number of para-hydroxylation sites is 1. The number of piperazine rings is 1. The Morgan fingerprint density at radius 3 is 2.33 bits per heavy atom. The topological polar surface area (TPSA) is 86.8 Å². The number of aromatic nitrogens is 1. The van der Waals surface area contributed by atoms with Crippen LogP contribution < -0.4 is 20.3 Å². The van der Waals surface area contributed by atoms with Crippen LogP contribution in [0.25, 0.3) is 0 Å². The maximum Gasteiger partial charge on any atom is 0.319 e. The van der Waals surface area contributed by atoms with Gasteiger partial charge >= 0.3 is 6.03 Å². The van der Waals surface area contributed by atoms with Gasteiger partial charge in [-0.25, -0.2) is 14.2 Å². The molecule has 9 heteroatoms. The quantitative estimate of drug-likeness (QED) is 0.602. The van der Waals surface area contributed by atoms with E-state index in [-0.39, 0.29) is 18.3 Å². The Labute approximate surface area is 191 Å². The lowest BCUT2D eigenvalue weighted by Gasteiger charge is -2.36. The average molecular weight is 449 g/mol. The molecule has 0 bridgehead atoms. The van der Waals surface area contributed by atoms with Gasteiger partial charge in [-0.3, -0.25) is 4.79 Å². The molecule has 0 spiro atoms. The number of carbonyl (C=O) groups is 2. The molecule has 33 heavy (non-hydrogen) atoms. The molecule has 1 aromatic heterocycles. The number of hydrogen-bond acceptors (Lipinski definition) is 5. The van der Waals surface area contributed by atoms with Gasteiger partial charge < -0.3 is 25.2 Å². The molecular weight excluding hydrogens is 425 g/mol. The molecule has 2 aromatic carbocycles. The number of nitrogens with zero attached hydrogens (tertiary/aromatic N) is 3. The van der Waals surface area contributed by atoms with Gasteiger partial charge in [-0.15, -0.1) is 0 Å². The van der Waals surface area contributed by atoms with Gasteiger partial charge in [0.25, 0.3) is 0 Å². The van der Waals surface area contributed by atoms with Crippen LogP contribution in [0.3, 0.4) is 0 Å². The van der Waals surface area contributed by atoms with Crippen LogP contribution in [-0.4, -0.2) is 54.5 Å². The third kappa shape index (κ3) is 6.19. The van der Waals surface area contributed by atoms with Crippen molar-refractivity contribution in [2.75, 3.05) is 42.9 Å². The number of carbonyl (C=O) groups excluding carboxylic acids is 2. The molecule has 0 aliphatic carbocycles. The zero-order valence-corrected chi connectivity index (χ0v) is 17.9. The minimum absolute atomic E-state index is 0.0869. The third-order valence-corrected chi connectivity index (χ3v) is 5.18. The van der Waals surface area contributed by atoms with Crippen LogP contribution in [0.2, 0.25) is 0 Å². The van der Waals surface area contributed by atoms with E-state index in [9.17, 15) is 14.0 Å². The number of anilines is 2. The number of ether oxygens (including phenoxy) is 1. The van der Waals surface area contributed by atoms with Crippen molar-refractivity contribution in [3.8, 4) is 11.6 Å². The summed E-state index contributed by atoms with van der Waals surface area (Å²) in [5, 5.41) is 5.21. The van der Waals surface area contributed by atoms with Crippen molar-refractivity contribution in [1.29, 1.82) is 0 Å². The fraction of sp³-hybridized carbons (Fsp3) is 0.208. The first-order valence-electron chi connectivity index (χ1n) is 10.6. The van der Waals surface area contributed by atoms with E-state index in [1.165, 1.54) is 30.5 Å². The summed E-state index contributed by atoms with van der Waals surface area (Å²) in [5.41, 5.74) is 1.59. The summed E-state index contributed by atoms with van der Waals surface area (Å²) in [6, 6.07) is 18.4. The predicted octanol–water partition coefficient (Wildman–Crippen LogP) is 3.48. The van der Waals surface area contributed by atoms with Crippen molar-refractivity contribution in [1.82, 2.24) is 15.2 Å². The number of rotatable bonds is 6. The van der Waals surface area contributed by atoms with Crippen molar-refractivity contribution in [2.45, 2.75) is 0 Å². The number of nitrogens with one attached hydrogen (secondary N) is 2. The van der Waals surface area contributed by atoms with Gasteiger partial charge in [0.05, 0.1) is 18.4 Å². The van der Waals surface area contributed by atoms with Crippen LogP contribution in [0.15, 0.2) is 72.9 Å². The minimum atomic E-state index is -0.500. The van der Waals surface area contributed by atoms with Crippen LogP contribution in [0.4, 0.5) is 20.6 Å². The third-order valence-electron chi connectivity index (χ3n) is 5.18. The molecule has 4 rings (SSSR count). The summed E-state index contributed by atoms with van der Waals surface area (Å²) >= 11 is 0. The zero-order chi connectivity index (χ0) is 23.0. The number of halogens is 1. The average Bonchev–Trinajstić information content (AvgIpc) is 2.86. The Morgan fingerprint density at radius 2 is 1.67 bits per heavy atom. The molecule has 0 radical (unpaired) electrons. The largest absolute Gasteiger partial charge is 0.439 e. The van der Waals surface area contributed by atoms with E-state index in [1.54, 1.807) is 17.0 Å². The second-order valence-corrected chi connectivity index (χ2v) is 7.45. The summed E-state index contributed by atoms with van der Waals surface area (Å²) in [5.74, 6) is 0.274. The van der Waals surface area contributed by atoms with E-state index in [1.807, 2.05) is 18.2 Å².